The Morgan fingerprint density at radius 3 is 2.53 bits per heavy atom. The molecule has 1 saturated carbocycles. The van der Waals surface area contributed by atoms with Gasteiger partial charge in [0.25, 0.3) is 0 Å². The van der Waals surface area contributed by atoms with Crippen LogP contribution in [-0.2, 0) is 0 Å². The molecule has 0 amide bonds. The molecule has 6 heteroatoms. The van der Waals surface area contributed by atoms with Gasteiger partial charge in [0.05, 0.1) is 17.8 Å². The summed E-state index contributed by atoms with van der Waals surface area (Å²) in [7, 11) is 0. The number of benzene rings is 1. The zero-order valence-electron chi connectivity index (χ0n) is 18.8. The third kappa shape index (κ3) is 3.51. The van der Waals surface area contributed by atoms with E-state index in [0.29, 0.717) is 16.7 Å². The number of aromatic nitrogens is 2. The largest absolute Gasteiger partial charge is 0.351 e. The monoisotopic (exact) mass is 448 g/mol. The average Bonchev–Trinajstić information content (AvgIpc) is 3.49. The highest BCUT2D eigenvalue weighted by atomic mass is 32.1. The number of anilines is 1. The number of halogens is 1. The summed E-state index contributed by atoms with van der Waals surface area (Å²) in [6.45, 7) is 6.23. The average molecular weight is 449 g/mol. The van der Waals surface area contributed by atoms with E-state index in [0.717, 1.165) is 11.4 Å². The fourth-order valence-corrected chi connectivity index (χ4v) is 5.90. The zero-order valence-corrected chi connectivity index (χ0v) is 19.6. The molecular formula is C26H29FN4S. The van der Waals surface area contributed by atoms with Crippen molar-refractivity contribution in [3.05, 3.63) is 82.7 Å². The molecule has 1 aliphatic heterocycles. The molecule has 1 aliphatic carbocycles. The molecule has 1 aromatic carbocycles. The SMILES string of the molecule is Cc1cc(N2C(=S)N[C@H](c3ccccn3)[C@H]2c2cc(C)n(C3CCCC3)c2C)ccc1F. The molecule has 0 spiro atoms. The topological polar surface area (TPSA) is 33.1 Å². The molecule has 0 radical (unpaired) electrons. The Morgan fingerprint density at radius 1 is 1.06 bits per heavy atom. The first-order valence-corrected chi connectivity index (χ1v) is 11.8. The summed E-state index contributed by atoms with van der Waals surface area (Å²) in [6, 6.07) is 13.9. The molecule has 2 aromatic heterocycles. The molecular weight excluding hydrogens is 419 g/mol. The lowest BCUT2D eigenvalue weighted by molar-refractivity contribution is 0.494. The van der Waals surface area contributed by atoms with Crippen LogP contribution in [0.4, 0.5) is 10.1 Å². The van der Waals surface area contributed by atoms with Crippen LogP contribution >= 0.6 is 12.2 Å². The lowest BCUT2D eigenvalue weighted by Crippen LogP contribution is -2.29. The summed E-state index contributed by atoms with van der Waals surface area (Å²) in [5, 5.41) is 4.16. The van der Waals surface area contributed by atoms with Crippen LogP contribution in [0.25, 0.3) is 0 Å². The van der Waals surface area contributed by atoms with Crippen LogP contribution in [-0.4, -0.2) is 14.7 Å². The highest BCUT2D eigenvalue weighted by Gasteiger charge is 2.42. The first-order valence-electron chi connectivity index (χ1n) is 11.4. The van der Waals surface area contributed by atoms with Gasteiger partial charge in [-0.05, 0) is 93.4 Å². The number of aryl methyl sites for hydroxylation is 2. The molecule has 2 aliphatic rings. The van der Waals surface area contributed by atoms with Crippen LogP contribution in [0.2, 0.25) is 0 Å². The van der Waals surface area contributed by atoms with Gasteiger partial charge in [-0.3, -0.25) is 4.98 Å². The van der Waals surface area contributed by atoms with Crippen molar-refractivity contribution in [2.24, 2.45) is 0 Å². The molecule has 32 heavy (non-hydrogen) atoms. The lowest BCUT2D eigenvalue weighted by atomic mass is 9.96. The summed E-state index contributed by atoms with van der Waals surface area (Å²) in [6.07, 6.45) is 6.89. The van der Waals surface area contributed by atoms with E-state index in [9.17, 15) is 4.39 Å². The van der Waals surface area contributed by atoms with E-state index in [2.05, 4.69) is 39.7 Å². The number of pyridine rings is 1. The fourth-order valence-electron chi connectivity index (χ4n) is 5.55. The van der Waals surface area contributed by atoms with Crippen molar-refractivity contribution in [2.75, 3.05) is 4.90 Å². The van der Waals surface area contributed by atoms with E-state index in [1.807, 2.05) is 36.5 Å². The van der Waals surface area contributed by atoms with Crippen molar-refractivity contribution in [1.29, 1.82) is 0 Å². The third-order valence-electron chi connectivity index (χ3n) is 7.05. The minimum absolute atomic E-state index is 0.0661. The summed E-state index contributed by atoms with van der Waals surface area (Å²) in [4.78, 5) is 6.79. The maximum absolute atomic E-state index is 14.1. The van der Waals surface area contributed by atoms with E-state index < -0.39 is 0 Å². The van der Waals surface area contributed by atoms with Crippen LogP contribution in [0.15, 0.2) is 48.7 Å². The molecule has 0 bridgehead atoms. The van der Waals surface area contributed by atoms with E-state index in [4.69, 9.17) is 12.2 Å². The predicted molar refractivity (Wildman–Crippen MR) is 130 cm³/mol. The Balaban J connectivity index is 1.65. The van der Waals surface area contributed by atoms with Gasteiger partial charge in [0.15, 0.2) is 5.11 Å². The number of rotatable bonds is 4. The lowest BCUT2D eigenvalue weighted by Gasteiger charge is -2.29. The summed E-state index contributed by atoms with van der Waals surface area (Å²) in [5.41, 5.74) is 6.29. The predicted octanol–water partition coefficient (Wildman–Crippen LogP) is 6.24. The Morgan fingerprint density at radius 2 is 1.84 bits per heavy atom. The van der Waals surface area contributed by atoms with Crippen molar-refractivity contribution in [3.63, 3.8) is 0 Å². The zero-order chi connectivity index (χ0) is 22.4. The van der Waals surface area contributed by atoms with Crippen LogP contribution in [0.3, 0.4) is 0 Å². The van der Waals surface area contributed by atoms with Gasteiger partial charge in [0, 0.05) is 29.3 Å². The van der Waals surface area contributed by atoms with Gasteiger partial charge in [-0.25, -0.2) is 4.39 Å². The molecule has 1 saturated heterocycles. The van der Waals surface area contributed by atoms with Gasteiger partial charge >= 0.3 is 0 Å². The maximum atomic E-state index is 14.1. The van der Waals surface area contributed by atoms with E-state index in [-0.39, 0.29) is 17.9 Å². The Hall–Kier alpha value is -2.73. The molecule has 5 rings (SSSR count). The molecule has 4 nitrogen and oxygen atoms in total. The minimum atomic E-state index is -0.205. The van der Waals surface area contributed by atoms with Gasteiger partial charge in [-0.2, -0.15) is 0 Å². The molecule has 2 atom stereocenters. The van der Waals surface area contributed by atoms with Gasteiger partial charge in [0.1, 0.15) is 5.82 Å². The second-order valence-electron chi connectivity index (χ2n) is 9.06. The first-order chi connectivity index (χ1) is 15.5. The molecule has 2 fully saturated rings. The van der Waals surface area contributed by atoms with Crippen molar-refractivity contribution in [2.45, 2.75) is 64.6 Å². The van der Waals surface area contributed by atoms with E-state index in [1.54, 1.807) is 6.92 Å². The Labute approximate surface area is 194 Å². The summed E-state index contributed by atoms with van der Waals surface area (Å²) >= 11 is 5.83. The van der Waals surface area contributed by atoms with Gasteiger partial charge in [0.2, 0.25) is 0 Å². The number of hydrogen-bond acceptors (Lipinski definition) is 2. The standard InChI is InChI=1S/C26H29FN4S/c1-16-14-20(11-12-22(16)27)31-25(24(29-26(31)32)23-10-6-7-13-28-23)21-15-17(2)30(18(21)3)19-8-4-5-9-19/h6-7,10-15,19,24-25H,4-5,8-9H2,1-3H3,(H,29,32)/t24-,25-/m1/s1. The van der Waals surface area contributed by atoms with Gasteiger partial charge in [-0.1, -0.05) is 18.9 Å². The number of thiocarbonyl (C=S) groups is 1. The van der Waals surface area contributed by atoms with Crippen molar-refractivity contribution >= 4 is 23.0 Å². The summed E-state index contributed by atoms with van der Waals surface area (Å²) in [5.74, 6) is -0.205. The van der Waals surface area contributed by atoms with Gasteiger partial charge in [-0.15, -0.1) is 0 Å². The van der Waals surface area contributed by atoms with Crippen LogP contribution < -0.4 is 10.2 Å². The third-order valence-corrected chi connectivity index (χ3v) is 7.36. The highest BCUT2D eigenvalue weighted by molar-refractivity contribution is 7.80. The molecule has 166 valence electrons. The fraction of sp³-hybridized carbons (Fsp3) is 0.385. The Kier molecular flexibility index (Phi) is 5.49. The van der Waals surface area contributed by atoms with E-state index in [1.165, 1.54) is 48.7 Å². The first kappa shape index (κ1) is 21.1. The van der Waals surface area contributed by atoms with Crippen LogP contribution in [0, 0.1) is 26.6 Å². The molecule has 3 heterocycles. The Bertz CT molecular complexity index is 1150. The van der Waals surface area contributed by atoms with Crippen molar-refractivity contribution < 1.29 is 4.39 Å². The normalized spacial score (nSPS) is 21.4. The van der Waals surface area contributed by atoms with Crippen LogP contribution in [0.1, 0.15) is 72.0 Å². The van der Waals surface area contributed by atoms with E-state index >= 15 is 0 Å². The molecule has 0 unspecified atom stereocenters. The maximum Gasteiger partial charge on any atom is 0.174 e. The highest BCUT2D eigenvalue weighted by Crippen LogP contribution is 2.45. The van der Waals surface area contributed by atoms with Gasteiger partial charge < -0.3 is 14.8 Å². The molecule has 3 aromatic rings. The van der Waals surface area contributed by atoms with Crippen molar-refractivity contribution in [3.8, 4) is 0 Å². The summed E-state index contributed by atoms with van der Waals surface area (Å²) < 4.78 is 16.6. The number of hydrogen-bond donors (Lipinski definition) is 1. The second-order valence-corrected chi connectivity index (χ2v) is 9.45. The minimum Gasteiger partial charge on any atom is -0.351 e. The number of nitrogens with one attached hydrogen (secondary N) is 1. The molecule has 1 N–H and O–H groups in total. The van der Waals surface area contributed by atoms with Crippen molar-refractivity contribution in [1.82, 2.24) is 14.9 Å². The quantitative estimate of drug-likeness (QED) is 0.479. The van der Waals surface area contributed by atoms with Crippen LogP contribution in [0.5, 0.6) is 0 Å². The smallest absolute Gasteiger partial charge is 0.174 e. The number of nitrogens with zero attached hydrogens (tertiary/aromatic N) is 3. The second kappa shape index (κ2) is 8.32.